The molecule has 4 N–H and O–H groups in total. The summed E-state index contributed by atoms with van der Waals surface area (Å²) < 4.78 is 4.52. The molecule has 0 spiro atoms. The van der Waals surface area contributed by atoms with Crippen LogP contribution in [0.5, 0.6) is 5.75 Å². The molecule has 4 rings (SSSR count). The molecule has 9 heteroatoms. The van der Waals surface area contributed by atoms with Gasteiger partial charge < -0.3 is 15.6 Å². The molecule has 3 heterocycles. The molecule has 0 radical (unpaired) electrons. The molecule has 1 aromatic carbocycles. The zero-order valence-corrected chi connectivity index (χ0v) is 18.6. The molecule has 2 aromatic heterocycles. The lowest BCUT2D eigenvalue weighted by molar-refractivity contribution is 0.335. The maximum Gasteiger partial charge on any atom is 0.281 e. The van der Waals surface area contributed by atoms with Crippen LogP contribution >= 0.6 is 23.3 Å². The van der Waals surface area contributed by atoms with E-state index in [2.05, 4.69) is 35.6 Å². The van der Waals surface area contributed by atoms with Crippen LogP contribution in [0.4, 0.5) is 11.4 Å². The largest absolute Gasteiger partial charge is 0.505 e. The Morgan fingerprint density at radius 2 is 2.07 bits per heavy atom. The number of aromatic nitrogens is 2. The zero-order chi connectivity index (χ0) is 21.5. The van der Waals surface area contributed by atoms with E-state index in [-0.39, 0.29) is 22.3 Å². The van der Waals surface area contributed by atoms with Crippen LogP contribution in [0.1, 0.15) is 32.8 Å². The highest BCUT2D eigenvalue weighted by Crippen LogP contribution is 2.37. The number of aromatic hydroxyl groups is 1. The van der Waals surface area contributed by atoms with Gasteiger partial charge in [0.05, 0.1) is 15.5 Å². The number of hydrogen-bond donors (Lipinski definition) is 3. The summed E-state index contributed by atoms with van der Waals surface area (Å²) >= 11 is 2.77. The number of rotatable bonds is 4. The van der Waals surface area contributed by atoms with Crippen molar-refractivity contribution in [3.63, 3.8) is 0 Å². The second-order valence-electron chi connectivity index (χ2n) is 8.28. The van der Waals surface area contributed by atoms with Crippen molar-refractivity contribution in [1.29, 1.82) is 0 Å². The third kappa shape index (κ3) is 4.08. The van der Waals surface area contributed by atoms with Crippen LogP contribution in [0.3, 0.4) is 0 Å². The fourth-order valence-electron chi connectivity index (χ4n) is 3.01. The zero-order valence-electron chi connectivity index (χ0n) is 17.0. The average molecular weight is 442 g/mol. The van der Waals surface area contributed by atoms with Crippen molar-refractivity contribution >= 4 is 40.5 Å². The van der Waals surface area contributed by atoms with Crippen molar-refractivity contribution < 1.29 is 5.11 Å². The summed E-state index contributed by atoms with van der Waals surface area (Å²) in [7, 11) is 0. The van der Waals surface area contributed by atoms with Crippen LogP contribution in [0.2, 0.25) is 0 Å². The van der Waals surface area contributed by atoms with Crippen LogP contribution in [0.25, 0.3) is 10.6 Å². The maximum atomic E-state index is 13.3. The van der Waals surface area contributed by atoms with E-state index < -0.39 is 0 Å². The molecule has 1 aliphatic rings. The number of benzene rings is 1. The molecule has 0 aliphatic carbocycles. The molecule has 0 unspecified atom stereocenters. The van der Waals surface area contributed by atoms with Gasteiger partial charge in [-0.1, -0.05) is 26.8 Å². The highest BCUT2D eigenvalue weighted by molar-refractivity contribution is 7.98. The molecule has 0 saturated carbocycles. The molecule has 0 amide bonds. The minimum absolute atomic E-state index is 0.0393. The molecular formula is C21H23N5O2S2. The predicted molar refractivity (Wildman–Crippen MR) is 124 cm³/mol. The molecule has 0 fully saturated rings. The highest BCUT2D eigenvalue weighted by atomic mass is 32.2. The first-order chi connectivity index (χ1) is 14.2. The molecule has 3 aromatic rings. The van der Waals surface area contributed by atoms with Gasteiger partial charge in [-0.25, -0.2) is 9.67 Å². The Labute approximate surface area is 182 Å². The number of amidine groups is 1. The Morgan fingerprint density at radius 3 is 2.77 bits per heavy atom. The third-order valence-corrected chi connectivity index (χ3v) is 6.39. The summed E-state index contributed by atoms with van der Waals surface area (Å²) in [5, 5.41) is 17.4. The number of aliphatic imine (C=N–C) groups is 1. The average Bonchev–Trinajstić information content (AvgIpc) is 3.21. The van der Waals surface area contributed by atoms with Crippen molar-refractivity contribution in [2.45, 2.75) is 38.6 Å². The van der Waals surface area contributed by atoms with Gasteiger partial charge in [0, 0.05) is 12.2 Å². The minimum Gasteiger partial charge on any atom is -0.505 e. The topological polar surface area (TPSA) is 106 Å². The van der Waals surface area contributed by atoms with E-state index in [1.165, 1.54) is 28.0 Å². The normalized spacial score (nSPS) is 13.5. The van der Waals surface area contributed by atoms with Crippen LogP contribution in [-0.4, -0.2) is 20.7 Å². The van der Waals surface area contributed by atoms with Crippen LogP contribution < -0.4 is 16.0 Å². The number of nitrogens with one attached hydrogen (secondary N) is 1. The Morgan fingerprint density at radius 1 is 1.27 bits per heavy atom. The second kappa shape index (κ2) is 7.81. The van der Waals surface area contributed by atoms with Crippen molar-refractivity contribution in [1.82, 2.24) is 14.5 Å². The van der Waals surface area contributed by atoms with Gasteiger partial charge in [0.25, 0.3) is 5.56 Å². The van der Waals surface area contributed by atoms with Crippen LogP contribution in [0.15, 0.2) is 50.4 Å². The van der Waals surface area contributed by atoms with Gasteiger partial charge in [-0.05, 0) is 53.4 Å². The Balaban J connectivity index is 1.87. The van der Waals surface area contributed by atoms with Gasteiger partial charge in [0.2, 0.25) is 0 Å². The van der Waals surface area contributed by atoms with Gasteiger partial charge in [0.1, 0.15) is 11.3 Å². The predicted octanol–water partition coefficient (Wildman–Crippen LogP) is 4.38. The highest BCUT2D eigenvalue weighted by Gasteiger charge is 2.26. The van der Waals surface area contributed by atoms with E-state index in [1.807, 2.05) is 23.6 Å². The number of fused-ring (bicyclic) bond motifs is 1. The molecule has 0 atom stereocenters. The number of thiophene rings is 1. The molecule has 1 aliphatic heterocycles. The van der Waals surface area contributed by atoms with Crippen LogP contribution in [0, 0.1) is 5.41 Å². The lowest BCUT2D eigenvalue weighted by atomic mass is 9.92. The summed E-state index contributed by atoms with van der Waals surface area (Å²) in [6.45, 7) is 6.80. The van der Waals surface area contributed by atoms with Crippen molar-refractivity contribution in [2.24, 2.45) is 10.4 Å². The molecule has 0 bridgehead atoms. The minimum atomic E-state index is -0.372. The quantitative estimate of drug-likeness (QED) is 0.410. The smallest absolute Gasteiger partial charge is 0.281 e. The molecule has 30 heavy (non-hydrogen) atoms. The first-order valence-electron chi connectivity index (χ1n) is 9.52. The summed E-state index contributed by atoms with van der Waals surface area (Å²) in [4.78, 5) is 19.5. The molecule has 156 valence electrons. The van der Waals surface area contributed by atoms with Crippen molar-refractivity contribution in [2.75, 3.05) is 5.73 Å². The fourth-order valence-corrected chi connectivity index (χ4v) is 4.48. The van der Waals surface area contributed by atoms with Crippen molar-refractivity contribution in [3.05, 3.63) is 51.6 Å². The van der Waals surface area contributed by atoms with E-state index >= 15 is 0 Å². The Hall–Kier alpha value is -2.78. The van der Waals surface area contributed by atoms with E-state index in [0.717, 1.165) is 16.2 Å². The monoisotopic (exact) mass is 441 g/mol. The standard InChI is InChI=1S/C21H23N5O2S2/c1-21(2,3)8-9-26-20(28)16(18(27)17(24-26)14-5-4-10-29-14)19-23-13-7-6-12(22)11-15(13)30-25-19/h4-7,10-11,27H,8-9,22H2,1-3H3,(H,23,25). The van der Waals surface area contributed by atoms with Gasteiger partial charge in [0.15, 0.2) is 11.6 Å². The summed E-state index contributed by atoms with van der Waals surface area (Å²) in [5.74, 6) is 0.143. The van der Waals surface area contributed by atoms with Gasteiger partial charge >= 0.3 is 0 Å². The summed E-state index contributed by atoms with van der Waals surface area (Å²) in [5.41, 5.74) is 7.35. The summed E-state index contributed by atoms with van der Waals surface area (Å²) in [6, 6.07) is 9.14. The SMILES string of the molecule is CC(C)(C)CCn1nc(-c2cccs2)c(O)c(C2=Nc3ccc(N)cc3SN2)c1=O. The van der Waals surface area contributed by atoms with E-state index in [1.54, 1.807) is 12.1 Å². The second-order valence-corrected chi connectivity index (χ2v) is 10.1. The third-order valence-electron chi connectivity index (χ3n) is 4.67. The maximum absolute atomic E-state index is 13.3. The molecule has 7 nitrogen and oxygen atoms in total. The summed E-state index contributed by atoms with van der Waals surface area (Å²) in [6.07, 6.45) is 0.769. The van der Waals surface area contributed by atoms with Crippen molar-refractivity contribution in [3.8, 4) is 16.3 Å². The Bertz CT molecular complexity index is 1180. The molecule has 0 saturated heterocycles. The lowest BCUT2D eigenvalue weighted by Crippen LogP contribution is -2.34. The number of nitrogens with zero attached hydrogens (tertiary/aromatic N) is 3. The number of hydrogen-bond acceptors (Lipinski definition) is 8. The number of nitrogen functional groups attached to an aromatic ring is 1. The van der Waals surface area contributed by atoms with Gasteiger partial charge in [-0.3, -0.25) is 4.79 Å². The van der Waals surface area contributed by atoms with Gasteiger partial charge in [-0.2, -0.15) is 5.10 Å². The number of nitrogens with two attached hydrogens (primary N) is 1. The van der Waals surface area contributed by atoms with E-state index in [4.69, 9.17) is 5.73 Å². The Kier molecular flexibility index (Phi) is 5.33. The fraction of sp³-hybridized carbons (Fsp3) is 0.286. The molecular weight excluding hydrogens is 418 g/mol. The van der Waals surface area contributed by atoms with Crippen LogP contribution in [-0.2, 0) is 6.54 Å². The first kappa shape index (κ1) is 20.5. The lowest BCUT2D eigenvalue weighted by Gasteiger charge is -2.21. The van der Waals surface area contributed by atoms with E-state index in [9.17, 15) is 9.90 Å². The van der Waals surface area contributed by atoms with E-state index in [0.29, 0.717) is 29.4 Å². The number of anilines is 1. The number of aryl methyl sites for hydroxylation is 1. The van der Waals surface area contributed by atoms with Gasteiger partial charge in [-0.15, -0.1) is 11.3 Å². The first-order valence-corrected chi connectivity index (χ1v) is 11.2.